The molecule has 2 atom stereocenters. The van der Waals surface area contributed by atoms with Gasteiger partial charge in [-0.2, -0.15) is 0 Å². The maximum atomic E-state index is 11.9. The molecule has 2 N–H and O–H groups in total. The molecule has 0 saturated carbocycles. The molecule has 6 nitrogen and oxygen atoms in total. The molecule has 2 amide bonds. The van der Waals surface area contributed by atoms with Crippen molar-refractivity contribution in [3.05, 3.63) is 0 Å². The summed E-state index contributed by atoms with van der Waals surface area (Å²) in [7, 11) is 0. The van der Waals surface area contributed by atoms with Crippen molar-refractivity contribution < 1.29 is 19.4 Å². The molecule has 2 unspecified atom stereocenters. The summed E-state index contributed by atoms with van der Waals surface area (Å²) in [4.78, 5) is 24.2. The summed E-state index contributed by atoms with van der Waals surface area (Å²) in [6.07, 6.45) is 4.28. The Balaban J connectivity index is 1.62. The third-order valence-electron chi connectivity index (χ3n) is 3.80. The number of hydrogen-bond acceptors (Lipinski definition) is 3. The zero-order valence-corrected chi connectivity index (χ0v) is 11.1. The number of aliphatic carboxylic acids is 1. The minimum Gasteiger partial charge on any atom is -0.481 e. The van der Waals surface area contributed by atoms with Crippen molar-refractivity contribution in [2.75, 3.05) is 26.2 Å². The van der Waals surface area contributed by atoms with Gasteiger partial charge >= 0.3 is 12.0 Å². The maximum absolute atomic E-state index is 11.9. The van der Waals surface area contributed by atoms with E-state index in [2.05, 4.69) is 5.32 Å². The second-order valence-electron chi connectivity index (χ2n) is 5.35. The third kappa shape index (κ3) is 4.38. The van der Waals surface area contributed by atoms with Crippen molar-refractivity contribution in [1.82, 2.24) is 10.2 Å². The van der Waals surface area contributed by atoms with Gasteiger partial charge in [-0.15, -0.1) is 0 Å². The number of nitrogens with one attached hydrogen (secondary N) is 1. The van der Waals surface area contributed by atoms with Crippen LogP contribution in [0.5, 0.6) is 0 Å². The Bertz CT molecular complexity index is 329. The first-order chi connectivity index (χ1) is 9.15. The molecule has 2 saturated heterocycles. The van der Waals surface area contributed by atoms with Crippen LogP contribution in [0, 0.1) is 5.92 Å². The third-order valence-corrected chi connectivity index (χ3v) is 3.80. The molecule has 2 heterocycles. The highest BCUT2D eigenvalue weighted by molar-refractivity contribution is 5.74. The zero-order valence-electron chi connectivity index (χ0n) is 11.1. The first-order valence-electron chi connectivity index (χ1n) is 7.01. The Morgan fingerprint density at radius 2 is 2.21 bits per heavy atom. The van der Waals surface area contributed by atoms with Crippen LogP contribution in [0.25, 0.3) is 0 Å². The molecule has 2 fully saturated rings. The second-order valence-corrected chi connectivity index (χ2v) is 5.35. The number of carbonyl (C=O) groups is 2. The normalized spacial score (nSPS) is 26.6. The predicted octanol–water partition coefficient (Wildman–Crippen LogP) is 1.06. The number of nitrogens with zero attached hydrogens (tertiary/aromatic N) is 1. The summed E-state index contributed by atoms with van der Waals surface area (Å²) in [5, 5.41) is 11.6. The van der Waals surface area contributed by atoms with Gasteiger partial charge in [-0.3, -0.25) is 4.79 Å². The van der Waals surface area contributed by atoms with E-state index in [4.69, 9.17) is 9.84 Å². The molecule has 2 aliphatic rings. The molecule has 19 heavy (non-hydrogen) atoms. The minimum atomic E-state index is -0.786. The molecule has 0 spiro atoms. The number of carbonyl (C=O) groups excluding carboxylic acids is 1. The van der Waals surface area contributed by atoms with Crippen LogP contribution in [0.3, 0.4) is 0 Å². The molecular formula is C13H22N2O4. The zero-order chi connectivity index (χ0) is 13.7. The van der Waals surface area contributed by atoms with E-state index in [0.717, 1.165) is 32.3 Å². The van der Waals surface area contributed by atoms with Crippen molar-refractivity contribution in [1.29, 1.82) is 0 Å². The number of ether oxygens (including phenoxy) is 1. The number of amides is 2. The van der Waals surface area contributed by atoms with Crippen molar-refractivity contribution in [3.63, 3.8) is 0 Å². The monoisotopic (exact) mass is 270 g/mol. The summed E-state index contributed by atoms with van der Waals surface area (Å²) in [5.41, 5.74) is 0. The van der Waals surface area contributed by atoms with E-state index < -0.39 is 5.97 Å². The Kier molecular flexibility index (Phi) is 5.01. The average Bonchev–Trinajstić information content (AvgIpc) is 2.99. The molecule has 108 valence electrons. The highest BCUT2D eigenvalue weighted by Crippen LogP contribution is 2.19. The van der Waals surface area contributed by atoms with Crippen molar-refractivity contribution in [2.24, 2.45) is 5.92 Å². The number of likely N-dealkylation sites (tertiary alicyclic amines) is 1. The van der Waals surface area contributed by atoms with E-state index in [9.17, 15) is 9.59 Å². The van der Waals surface area contributed by atoms with Crippen molar-refractivity contribution in [3.8, 4) is 0 Å². The van der Waals surface area contributed by atoms with Gasteiger partial charge < -0.3 is 20.1 Å². The fraction of sp³-hybridized carbons (Fsp3) is 0.846. The van der Waals surface area contributed by atoms with E-state index in [1.807, 2.05) is 0 Å². The average molecular weight is 270 g/mol. The van der Waals surface area contributed by atoms with Gasteiger partial charge in [0.25, 0.3) is 0 Å². The Morgan fingerprint density at radius 3 is 2.89 bits per heavy atom. The summed E-state index contributed by atoms with van der Waals surface area (Å²) >= 11 is 0. The molecule has 6 heteroatoms. The molecule has 2 aliphatic heterocycles. The van der Waals surface area contributed by atoms with E-state index in [0.29, 0.717) is 25.7 Å². The van der Waals surface area contributed by atoms with Gasteiger partial charge in [0.05, 0.1) is 6.10 Å². The topological polar surface area (TPSA) is 78.9 Å². The van der Waals surface area contributed by atoms with Gasteiger partial charge in [0.2, 0.25) is 0 Å². The molecule has 0 bridgehead atoms. The largest absolute Gasteiger partial charge is 0.481 e. The molecule has 2 rings (SSSR count). The number of carboxylic acids is 1. The van der Waals surface area contributed by atoms with E-state index >= 15 is 0 Å². The van der Waals surface area contributed by atoms with Gasteiger partial charge in [0.15, 0.2) is 0 Å². The molecule has 0 radical (unpaired) electrons. The van der Waals surface area contributed by atoms with E-state index in [1.165, 1.54) is 0 Å². The smallest absolute Gasteiger partial charge is 0.317 e. The fourth-order valence-electron chi connectivity index (χ4n) is 2.75. The number of hydrogen-bond donors (Lipinski definition) is 2. The van der Waals surface area contributed by atoms with Crippen LogP contribution in [0.15, 0.2) is 0 Å². The summed E-state index contributed by atoms with van der Waals surface area (Å²) in [6, 6.07) is -0.0779. The van der Waals surface area contributed by atoms with Crippen LogP contribution in [0.1, 0.15) is 32.1 Å². The Morgan fingerprint density at radius 1 is 1.37 bits per heavy atom. The lowest BCUT2D eigenvalue weighted by Gasteiger charge is -2.18. The number of carboxylic acid groups (broad SMARTS) is 1. The molecule has 0 aliphatic carbocycles. The first kappa shape index (κ1) is 14.1. The Hall–Kier alpha value is -1.30. The van der Waals surface area contributed by atoms with Crippen LogP contribution in [0.4, 0.5) is 4.79 Å². The quantitative estimate of drug-likeness (QED) is 0.783. The second kappa shape index (κ2) is 6.75. The molecule has 0 aromatic rings. The minimum absolute atomic E-state index is 0.0779. The van der Waals surface area contributed by atoms with Gasteiger partial charge in [-0.25, -0.2) is 4.79 Å². The lowest BCUT2D eigenvalue weighted by molar-refractivity contribution is -0.138. The van der Waals surface area contributed by atoms with Crippen LogP contribution in [-0.2, 0) is 9.53 Å². The fourth-order valence-corrected chi connectivity index (χ4v) is 2.75. The standard InChI is InChI=1S/C13H22N2O4/c16-12(17)8-10-4-6-15(9-10)13(18)14-5-3-11-2-1-7-19-11/h10-11H,1-9H2,(H,14,18)(H,16,17). The highest BCUT2D eigenvalue weighted by atomic mass is 16.5. The summed E-state index contributed by atoms with van der Waals surface area (Å²) in [6.45, 7) is 2.67. The predicted molar refractivity (Wildman–Crippen MR) is 68.9 cm³/mol. The molecular weight excluding hydrogens is 248 g/mol. The van der Waals surface area contributed by atoms with Gasteiger partial charge in [-0.1, -0.05) is 0 Å². The van der Waals surface area contributed by atoms with Crippen LogP contribution >= 0.6 is 0 Å². The summed E-state index contributed by atoms with van der Waals surface area (Å²) < 4.78 is 5.49. The highest BCUT2D eigenvalue weighted by Gasteiger charge is 2.27. The van der Waals surface area contributed by atoms with Crippen molar-refractivity contribution in [2.45, 2.75) is 38.2 Å². The van der Waals surface area contributed by atoms with E-state index in [-0.39, 0.29) is 18.4 Å². The van der Waals surface area contributed by atoms with Gasteiger partial charge in [0.1, 0.15) is 0 Å². The van der Waals surface area contributed by atoms with Gasteiger partial charge in [0, 0.05) is 32.7 Å². The Labute approximate surface area is 113 Å². The first-order valence-corrected chi connectivity index (χ1v) is 7.01. The lowest BCUT2D eigenvalue weighted by atomic mass is 10.1. The van der Waals surface area contributed by atoms with E-state index in [1.54, 1.807) is 4.90 Å². The number of rotatable bonds is 5. The summed E-state index contributed by atoms with van der Waals surface area (Å²) in [5.74, 6) is -0.688. The van der Waals surface area contributed by atoms with Gasteiger partial charge in [-0.05, 0) is 31.6 Å². The van der Waals surface area contributed by atoms with Crippen LogP contribution < -0.4 is 5.32 Å². The molecule has 0 aromatic heterocycles. The maximum Gasteiger partial charge on any atom is 0.317 e. The van der Waals surface area contributed by atoms with Crippen LogP contribution in [0.2, 0.25) is 0 Å². The lowest BCUT2D eigenvalue weighted by Crippen LogP contribution is -2.39. The number of urea groups is 1. The molecule has 0 aromatic carbocycles. The van der Waals surface area contributed by atoms with Crippen LogP contribution in [-0.4, -0.2) is 54.4 Å². The SMILES string of the molecule is O=C(O)CC1CCN(C(=O)NCCC2CCCO2)C1. The van der Waals surface area contributed by atoms with Crippen molar-refractivity contribution >= 4 is 12.0 Å².